The number of ether oxygens (including phenoxy) is 5. The van der Waals surface area contributed by atoms with Crippen LogP contribution in [0.25, 0.3) is 43.6 Å². The van der Waals surface area contributed by atoms with E-state index in [1.54, 1.807) is 59.7 Å². The fourth-order valence-corrected chi connectivity index (χ4v) is 21.9. The molecule has 2 aliphatic heterocycles. The van der Waals surface area contributed by atoms with Crippen molar-refractivity contribution in [2.75, 3.05) is 47.8 Å². The van der Waals surface area contributed by atoms with Crippen LogP contribution in [0.4, 0.5) is 0 Å². The molecule has 724 valence electrons. The van der Waals surface area contributed by atoms with Gasteiger partial charge in [0.05, 0.1) is 117 Å². The van der Waals surface area contributed by atoms with Crippen molar-refractivity contribution in [3.8, 4) is 17.2 Å². The summed E-state index contributed by atoms with van der Waals surface area (Å²) < 4.78 is 34.6. The molecule has 3 aliphatic carbocycles. The maximum atomic E-state index is 13.5. The minimum Gasteiger partial charge on any atom is -0.495 e. The summed E-state index contributed by atoms with van der Waals surface area (Å²) in [6, 6.07) is 48.7. The van der Waals surface area contributed by atoms with Gasteiger partial charge >= 0.3 is 23.9 Å². The molecule has 6 atom stereocenters. The van der Waals surface area contributed by atoms with Crippen LogP contribution < -0.4 is 35.5 Å². The van der Waals surface area contributed by atoms with Crippen LogP contribution in [-0.2, 0) is 79.0 Å². The molecule has 137 heavy (non-hydrogen) atoms. The highest BCUT2D eigenvalue weighted by Crippen LogP contribution is 2.49. The van der Waals surface area contributed by atoms with E-state index >= 15 is 0 Å². The number of carbonyl (C=O) groups excluding carboxylic acids is 4. The number of hydrogen-bond acceptors (Lipinski definition) is 13. The summed E-state index contributed by atoms with van der Waals surface area (Å²) in [5.74, 6) is -4.77. The van der Waals surface area contributed by atoms with Gasteiger partial charge in [-0.05, 0) is 174 Å². The van der Waals surface area contributed by atoms with Crippen LogP contribution in [0, 0.1) is 30.6 Å². The molecular weight excluding hydrogens is 1870 g/mol. The molecule has 8 N–H and O–H groups in total. The standard InChI is InChI=1S/C28H30Cl2N2O4.C26H28Cl2N2O5.2C26H29ClN2O4/c1-32-20-15-22(36-2)25(30)24(29)19(20)14-21(32)26(33)31-28(12-5-13-28)18-10-8-17(9-11-18)23(27(34)35)16-6-3-4-7-16;1-14(2)21(25(32)33)15-5-7-16(8-6-15)26(9-10-35-13-26)29-24(31)19-11-17-18(30(19)3)12-20(34-4)23(28)22(17)27;1-15(2)22(25(31)32)16-6-8-17(9-7-16)26(12-5-13-26)28-24(30)20-14-18-19(29(20)3)10-11-21(33-4)23(18)27;1-15(2)22(25(31)32)17-6-8-18(9-7-17)26(11-12-33-14-26)28-24(30)21-13-19-20(29(21)4)10-5-16(3)23(19)27/h8-11,14-16,23H,3-7,12-13H2,1-2H3,(H,31,33)(H,34,35);5-8,11-12,14,21H,9-10,13H2,1-4H3,(H,29,31)(H,32,33);6-11,14-15,22H,5,12-13H2,1-4H3,(H,28,30)(H,31,32);5-10,13,15,22H,11-12,14H2,1-4H3,(H,28,30)(H,31,32). The Bertz CT molecular complexity index is 6590. The van der Waals surface area contributed by atoms with Crippen LogP contribution in [0.5, 0.6) is 17.2 Å². The normalized spacial score (nSPS) is 18.0. The highest BCUT2D eigenvalue weighted by Gasteiger charge is 2.46. The maximum absolute atomic E-state index is 13.5. The van der Waals surface area contributed by atoms with E-state index in [2.05, 4.69) is 21.3 Å². The van der Waals surface area contributed by atoms with Gasteiger partial charge in [-0.25, -0.2) is 0 Å². The number of methoxy groups -OCH3 is 3. The number of nitrogens with one attached hydrogen (secondary N) is 4. The molecule has 17 rings (SSSR count). The first-order valence-electron chi connectivity index (χ1n) is 46.1. The van der Waals surface area contributed by atoms with Crippen LogP contribution in [0.2, 0.25) is 30.1 Å². The first kappa shape index (κ1) is 102. The average molecular weight is 1990 g/mol. The summed E-state index contributed by atoms with van der Waals surface area (Å²) in [5, 5.41) is 57.0. The van der Waals surface area contributed by atoms with Gasteiger partial charge in [0.15, 0.2) is 0 Å². The molecule has 2 saturated heterocycles. The van der Waals surface area contributed by atoms with Gasteiger partial charge in [-0.1, -0.05) is 227 Å². The molecule has 0 spiro atoms. The molecule has 0 bridgehead atoms. The number of carbonyl (C=O) groups is 8. The highest BCUT2D eigenvalue weighted by molar-refractivity contribution is 6.47. The molecule has 4 amide bonds. The molecule has 12 aromatic rings. The number of halogens is 6. The quantitative estimate of drug-likeness (QED) is 0.0237. The van der Waals surface area contributed by atoms with E-state index in [9.17, 15) is 58.8 Å². The fraction of sp³-hybridized carbons (Fsp3) is 0.396. The van der Waals surface area contributed by atoms with Gasteiger partial charge in [0, 0.05) is 93.4 Å². The zero-order valence-electron chi connectivity index (χ0n) is 79.1. The number of nitrogens with zero attached hydrogens (tertiary/aromatic N) is 4. The number of rotatable bonds is 27. The topological polar surface area (TPSA) is 331 Å². The van der Waals surface area contributed by atoms with Crippen LogP contribution in [0.1, 0.15) is 234 Å². The molecule has 5 fully saturated rings. The smallest absolute Gasteiger partial charge is 0.311 e. The van der Waals surface area contributed by atoms with E-state index in [4.69, 9.17) is 93.3 Å². The van der Waals surface area contributed by atoms with Crippen molar-refractivity contribution in [1.29, 1.82) is 0 Å². The second kappa shape index (κ2) is 41.8. The van der Waals surface area contributed by atoms with Crippen molar-refractivity contribution < 1.29 is 82.5 Å². The lowest BCUT2D eigenvalue weighted by Crippen LogP contribution is -2.51. The van der Waals surface area contributed by atoms with E-state index < -0.39 is 69.7 Å². The molecule has 5 aliphatic rings. The number of fused-ring (bicyclic) bond motifs is 4. The number of benzene rings is 8. The van der Waals surface area contributed by atoms with Crippen LogP contribution in [0.3, 0.4) is 0 Å². The molecule has 6 heterocycles. The summed E-state index contributed by atoms with van der Waals surface area (Å²) in [6.07, 6.45) is 10.7. The van der Waals surface area contributed by atoms with E-state index in [0.29, 0.717) is 120 Å². The van der Waals surface area contributed by atoms with Crippen LogP contribution >= 0.6 is 69.6 Å². The predicted molar refractivity (Wildman–Crippen MR) is 535 cm³/mol. The lowest BCUT2D eigenvalue weighted by atomic mass is 9.71. The number of aromatic nitrogens is 4. The van der Waals surface area contributed by atoms with Crippen molar-refractivity contribution in [3.05, 3.63) is 261 Å². The molecule has 31 heteroatoms. The van der Waals surface area contributed by atoms with Crippen LogP contribution in [0.15, 0.2) is 158 Å². The summed E-state index contributed by atoms with van der Waals surface area (Å²) in [5.41, 5.74) is 10.6. The lowest BCUT2D eigenvalue weighted by molar-refractivity contribution is -0.141. The Morgan fingerprint density at radius 3 is 0.942 bits per heavy atom. The lowest BCUT2D eigenvalue weighted by Gasteiger charge is -2.43. The monoisotopic (exact) mass is 1980 g/mol. The molecule has 8 aromatic carbocycles. The van der Waals surface area contributed by atoms with Crippen molar-refractivity contribution in [1.82, 2.24) is 39.5 Å². The maximum Gasteiger partial charge on any atom is 0.311 e. The SMILES string of the molecule is COc1cc2c(cc(C(=O)NC3(c4ccc(C(C(=O)O)C(C)C)cc4)CCOC3)n2C)c(Cl)c1Cl.COc1cc2c(cc(C(=O)NC3(c4ccc(C(C(=O)O)C5CCCC5)cc4)CCC3)n2C)c(Cl)c1Cl.COc1ccc2c(cc(C(=O)NC3(c4ccc(C(C(=O)O)C(C)C)cc4)CCC3)n2C)c1Cl.Cc1ccc2c(cc(C(=O)NC3(c4ccc(C(C(=O)O)C(C)C)cc4)CCOC3)n2C)c1Cl. The fourth-order valence-electron chi connectivity index (χ4n) is 20.4. The minimum atomic E-state index is -0.855. The van der Waals surface area contributed by atoms with Gasteiger partial charge in [-0.15, -0.1) is 0 Å². The van der Waals surface area contributed by atoms with Gasteiger partial charge in [-0.3, -0.25) is 38.4 Å². The summed E-state index contributed by atoms with van der Waals surface area (Å²) in [7, 11) is 11.9. The van der Waals surface area contributed by atoms with Crippen molar-refractivity contribution in [2.24, 2.45) is 51.9 Å². The van der Waals surface area contributed by atoms with Crippen molar-refractivity contribution in [2.45, 2.75) is 171 Å². The third-order valence-corrected chi connectivity index (χ3v) is 31.2. The summed E-state index contributed by atoms with van der Waals surface area (Å²) in [4.78, 5) is 101. The Balaban J connectivity index is 0.000000146. The minimum absolute atomic E-state index is 0.0114. The molecular formula is C106H116Cl6N8O17. The highest BCUT2D eigenvalue weighted by atomic mass is 35.5. The Hall–Kier alpha value is -11.3. The summed E-state index contributed by atoms with van der Waals surface area (Å²) in [6.45, 7) is 15.0. The third kappa shape index (κ3) is 20.1. The average Bonchev–Trinajstić information content (AvgIpc) is 1.73. The first-order chi connectivity index (χ1) is 65.2. The Morgan fingerprint density at radius 1 is 0.350 bits per heavy atom. The largest absolute Gasteiger partial charge is 0.495 e. The van der Waals surface area contributed by atoms with E-state index in [1.165, 1.54) is 14.2 Å². The first-order valence-corrected chi connectivity index (χ1v) is 48.3. The number of aryl methyl sites for hydroxylation is 5. The second-order valence-corrected chi connectivity index (χ2v) is 40.0. The van der Waals surface area contributed by atoms with Gasteiger partial charge in [0.2, 0.25) is 0 Å². The molecule has 6 unspecified atom stereocenters. The number of aliphatic carboxylic acids is 4. The zero-order chi connectivity index (χ0) is 98.9. The van der Waals surface area contributed by atoms with Gasteiger partial charge in [0.1, 0.15) is 50.1 Å². The van der Waals surface area contributed by atoms with Crippen molar-refractivity contribution >= 4 is 161 Å². The van der Waals surface area contributed by atoms with Gasteiger partial charge in [0.25, 0.3) is 23.6 Å². The third-order valence-electron chi connectivity index (χ3n) is 28.5. The summed E-state index contributed by atoms with van der Waals surface area (Å²) >= 11 is 38.5. The number of amides is 4. The number of carboxylic acid groups (broad SMARTS) is 4. The molecule has 0 radical (unpaired) electrons. The van der Waals surface area contributed by atoms with E-state index in [-0.39, 0.29) is 47.3 Å². The molecule has 25 nitrogen and oxygen atoms in total. The Morgan fingerprint density at radius 2 is 0.650 bits per heavy atom. The predicted octanol–water partition coefficient (Wildman–Crippen LogP) is 22.5. The van der Waals surface area contributed by atoms with Crippen LogP contribution in [-0.4, -0.2) is 134 Å². The number of carboxylic acids is 4. The second-order valence-electron chi connectivity index (χ2n) is 37.8. The molecule has 3 saturated carbocycles. The van der Waals surface area contributed by atoms with Gasteiger partial charge in [-0.2, -0.15) is 0 Å². The Labute approximate surface area is 826 Å². The number of hydrogen-bond donors (Lipinski definition) is 8. The zero-order valence-corrected chi connectivity index (χ0v) is 83.6. The van der Waals surface area contributed by atoms with E-state index in [1.807, 2.05) is 200 Å². The van der Waals surface area contributed by atoms with Gasteiger partial charge < -0.3 is 83.6 Å². The molecule has 4 aromatic heterocycles. The van der Waals surface area contributed by atoms with Crippen molar-refractivity contribution in [3.63, 3.8) is 0 Å². The Kier molecular flexibility index (Phi) is 31.0. The van der Waals surface area contributed by atoms with E-state index in [0.717, 1.165) is 147 Å².